The van der Waals surface area contributed by atoms with Crippen molar-refractivity contribution in [1.29, 1.82) is 0 Å². The third kappa shape index (κ3) is 6.24. The number of methoxy groups -OCH3 is 1. The summed E-state index contributed by atoms with van der Waals surface area (Å²) < 4.78 is 11.1. The average molecular weight is 567 g/mol. The molecule has 2 heterocycles. The zero-order valence-corrected chi connectivity index (χ0v) is 24.3. The summed E-state index contributed by atoms with van der Waals surface area (Å²) in [6, 6.07) is 2.47. The number of likely N-dealkylation sites (tertiary alicyclic amines) is 1. The topological polar surface area (TPSA) is 120 Å². The second kappa shape index (κ2) is 12.4. The van der Waals surface area contributed by atoms with Crippen LogP contribution in [0.25, 0.3) is 0 Å². The highest BCUT2D eigenvalue weighted by Crippen LogP contribution is 2.42. The molecule has 1 saturated heterocycles. The van der Waals surface area contributed by atoms with Gasteiger partial charge in [-0.2, -0.15) is 0 Å². The number of fused-ring (bicyclic) bond motifs is 1. The Bertz CT molecular complexity index is 1110. The summed E-state index contributed by atoms with van der Waals surface area (Å²) in [5.74, 6) is -1.18. The van der Waals surface area contributed by atoms with Crippen LogP contribution in [0.5, 0.6) is 5.75 Å². The molecule has 11 nitrogen and oxygen atoms in total. The van der Waals surface area contributed by atoms with Gasteiger partial charge < -0.3 is 34.2 Å². The number of carbonyl (C=O) groups is 4. The minimum Gasteiger partial charge on any atom is -0.465 e. The number of hydrogen-bond donors (Lipinski definition) is 1. The molecule has 0 aromatic heterocycles. The highest BCUT2D eigenvalue weighted by molar-refractivity contribution is 6.34. The molecule has 0 spiro atoms. The first kappa shape index (κ1) is 30.5. The fourth-order valence-corrected chi connectivity index (χ4v) is 5.48. The standard InChI is InChI=1S/C27H39ClN4O7/c1-17(2)32(18-10-9-11-30(16-18)26(36)37)23(33)19-14-21-22(15-20(19)28)39-27(3,24(34)29(4)5)25(35)31(21)12-7-8-13-38-6/h14-15,17-18H,7-13,16H2,1-6H3,(H,36,37)/t18-,27?/m1/s1. The van der Waals surface area contributed by atoms with Gasteiger partial charge in [0.05, 0.1) is 22.3 Å². The van der Waals surface area contributed by atoms with Crippen LogP contribution in [0.2, 0.25) is 5.02 Å². The van der Waals surface area contributed by atoms with Crippen molar-refractivity contribution in [1.82, 2.24) is 14.7 Å². The first-order valence-electron chi connectivity index (χ1n) is 13.2. The monoisotopic (exact) mass is 566 g/mol. The quantitative estimate of drug-likeness (QED) is 0.359. The van der Waals surface area contributed by atoms with E-state index >= 15 is 0 Å². The van der Waals surface area contributed by atoms with E-state index < -0.39 is 23.5 Å². The van der Waals surface area contributed by atoms with Crippen LogP contribution in [0, 0.1) is 0 Å². The van der Waals surface area contributed by atoms with E-state index in [0.717, 1.165) is 0 Å². The molecule has 2 atom stereocenters. The zero-order valence-electron chi connectivity index (χ0n) is 23.5. The molecule has 0 saturated carbocycles. The summed E-state index contributed by atoms with van der Waals surface area (Å²) >= 11 is 6.64. The second-order valence-corrected chi connectivity index (χ2v) is 11.0. The Morgan fingerprint density at radius 2 is 1.95 bits per heavy atom. The predicted octanol–water partition coefficient (Wildman–Crippen LogP) is 3.33. The molecule has 0 aliphatic carbocycles. The first-order chi connectivity index (χ1) is 18.3. The van der Waals surface area contributed by atoms with Gasteiger partial charge in [-0.15, -0.1) is 0 Å². The molecule has 1 N–H and O–H groups in total. The summed E-state index contributed by atoms with van der Waals surface area (Å²) in [6.45, 7) is 6.62. The number of carboxylic acid groups (broad SMARTS) is 1. The molecular formula is C27H39ClN4O7. The predicted molar refractivity (Wildman–Crippen MR) is 147 cm³/mol. The lowest BCUT2D eigenvalue weighted by Gasteiger charge is -2.42. The van der Waals surface area contributed by atoms with Gasteiger partial charge in [0.2, 0.25) is 0 Å². The second-order valence-electron chi connectivity index (χ2n) is 10.6. The van der Waals surface area contributed by atoms with Crippen molar-refractivity contribution in [2.45, 2.75) is 64.1 Å². The first-order valence-corrected chi connectivity index (χ1v) is 13.6. The molecule has 0 bridgehead atoms. The third-order valence-corrected chi connectivity index (χ3v) is 7.50. The lowest BCUT2D eigenvalue weighted by atomic mass is 9.97. The Labute approximate surface area is 234 Å². The van der Waals surface area contributed by atoms with Crippen molar-refractivity contribution in [2.75, 3.05) is 52.3 Å². The number of amides is 4. The summed E-state index contributed by atoms with van der Waals surface area (Å²) in [6.07, 6.45) is 1.58. The minimum atomic E-state index is -1.79. The maximum atomic E-state index is 13.9. The van der Waals surface area contributed by atoms with Crippen LogP contribution in [0.15, 0.2) is 12.1 Å². The number of piperidine rings is 1. The molecule has 1 unspecified atom stereocenters. The molecule has 0 radical (unpaired) electrons. The molecular weight excluding hydrogens is 528 g/mol. The fraction of sp³-hybridized carbons (Fsp3) is 0.630. The normalized spacial score (nSPS) is 20.9. The maximum Gasteiger partial charge on any atom is 0.407 e. The largest absolute Gasteiger partial charge is 0.465 e. The fourth-order valence-electron chi connectivity index (χ4n) is 5.25. The lowest BCUT2D eigenvalue weighted by Crippen LogP contribution is -2.62. The van der Waals surface area contributed by atoms with E-state index in [1.54, 1.807) is 32.2 Å². The van der Waals surface area contributed by atoms with Gasteiger partial charge in [0, 0.05) is 59.6 Å². The maximum absolute atomic E-state index is 13.9. The van der Waals surface area contributed by atoms with Crippen molar-refractivity contribution in [3.05, 3.63) is 22.7 Å². The van der Waals surface area contributed by atoms with Gasteiger partial charge in [0.15, 0.2) is 0 Å². The van der Waals surface area contributed by atoms with Crippen molar-refractivity contribution in [2.24, 2.45) is 0 Å². The number of anilines is 1. The van der Waals surface area contributed by atoms with Gasteiger partial charge >= 0.3 is 6.09 Å². The van der Waals surface area contributed by atoms with Gasteiger partial charge in [0.1, 0.15) is 5.75 Å². The molecule has 1 aromatic carbocycles. The number of likely N-dealkylation sites (N-methyl/N-ethyl adjacent to an activating group) is 1. The summed E-state index contributed by atoms with van der Waals surface area (Å²) in [7, 11) is 4.70. The summed E-state index contributed by atoms with van der Waals surface area (Å²) in [4.78, 5) is 58.0. The van der Waals surface area contributed by atoms with Crippen LogP contribution in [0.4, 0.5) is 10.5 Å². The number of ether oxygens (including phenoxy) is 2. The van der Waals surface area contributed by atoms with Crippen LogP contribution >= 0.6 is 11.6 Å². The number of carbonyl (C=O) groups excluding carboxylic acids is 3. The summed E-state index contributed by atoms with van der Waals surface area (Å²) in [5.41, 5.74) is -1.26. The van der Waals surface area contributed by atoms with E-state index in [-0.39, 0.29) is 47.4 Å². The molecule has 12 heteroatoms. The zero-order chi connectivity index (χ0) is 29.1. The Morgan fingerprint density at radius 1 is 1.26 bits per heavy atom. The SMILES string of the molecule is COCCCCN1C(=O)C(C)(C(=O)N(C)C)Oc2cc(Cl)c(C(=O)N(C(C)C)[C@@H]3CCCN(C(=O)O)C3)cc21. The van der Waals surface area contributed by atoms with Crippen molar-refractivity contribution in [3.8, 4) is 5.75 Å². The van der Waals surface area contributed by atoms with Gasteiger partial charge in [-0.25, -0.2) is 4.79 Å². The van der Waals surface area contributed by atoms with Crippen molar-refractivity contribution < 1.29 is 33.8 Å². The molecule has 2 aliphatic heterocycles. The Kier molecular flexibility index (Phi) is 9.71. The number of nitrogens with zero attached hydrogens (tertiary/aromatic N) is 4. The Morgan fingerprint density at radius 3 is 2.54 bits per heavy atom. The van der Waals surface area contributed by atoms with Crippen molar-refractivity contribution >= 4 is 41.1 Å². The number of halogens is 1. The van der Waals surface area contributed by atoms with E-state index in [1.165, 1.54) is 27.7 Å². The van der Waals surface area contributed by atoms with E-state index in [9.17, 15) is 24.3 Å². The number of benzene rings is 1. The van der Waals surface area contributed by atoms with Crippen LogP contribution < -0.4 is 9.64 Å². The van der Waals surface area contributed by atoms with Crippen LogP contribution in [-0.4, -0.2) is 109 Å². The highest BCUT2D eigenvalue weighted by Gasteiger charge is 2.51. The molecule has 216 valence electrons. The van der Waals surface area contributed by atoms with E-state index in [4.69, 9.17) is 21.1 Å². The van der Waals surface area contributed by atoms with Crippen LogP contribution in [0.3, 0.4) is 0 Å². The number of unbranched alkanes of at least 4 members (excludes halogenated alkanes) is 1. The van der Waals surface area contributed by atoms with Crippen LogP contribution in [0.1, 0.15) is 56.8 Å². The third-order valence-electron chi connectivity index (χ3n) is 7.18. The number of hydrogen-bond acceptors (Lipinski definition) is 6. The molecule has 3 rings (SSSR count). The minimum absolute atomic E-state index is 0.114. The number of rotatable bonds is 9. The van der Waals surface area contributed by atoms with E-state index in [0.29, 0.717) is 44.5 Å². The van der Waals surface area contributed by atoms with Gasteiger partial charge in [0.25, 0.3) is 23.3 Å². The smallest absolute Gasteiger partial charge is 0.407 e. The Hall–Kier alpha value is -3.05. The molecule has 1 fully saturated rings. The van der Waals surface area contributed by atoms with Crippen molar-refractivity contribution in [3.63, 3.8) is 0 Å². The average Bonchev–Trinajstić information content (AvgIpc) is 2.87. The highest BCUT2D eigenvalue weighted by atomic mass is 35.5. The van der Waals surface area contributed by atoms with E-state index in [1.807, 2.05) is 13.8 Å². The molecule has 2 aliphatic rings. The molecule has 39 heavy (non-hydrogen) atoms. The lowest BCUT2D eigenvalue weighted by molar-refractivity contribution is -0.154. The summed E-state index contributed by atoms with van der Waals surface area (Å²) in [5, 5.41) is 9.61. The van der Waals surface area contributed by atoms with E-state index in [2.05, 4.69) is 0 Å². The van der Waals surface area contributed by atoms with Gasteiger partial charge in [-0.3, -0.25) is 14.4 Å². The molecule has 1 aromatic rings. The molecule has 4 amide bonds. The Balaban J connectivity index is 2.03. The van der Waals surface area contributed by atoms with Gasteiger partial charge in [-0.1, -0.05) is 11.6 Å². The van der Waals surface area contributed by atoms with Gasteiger partial charge in [-0.05, 0) is 52.5 Å². The van der Waals surface area contributed by atoms with Crippen LogP contribution in [-0.2, 0) is 14.3 Å².